The Morgan fingerprint density at radius 2 is 1.63 bits per heavy atom. The van der Waals surface area contributed by atoms with E-state index in [4.69, 9.17) is 9.47 Å². The lowest BCUT2D eigenvalue weighted by Crippen LogP contribution is -2.24. The fourth-order valence-electron chi connectivity index (χ4n) is 2.44. The summed E-state index contributed by atoms with van der Waals surface area (Å²) in [5.74, 6) is -0.391. The van der Waals surface area contributed by atoms with Crippen molar-refractivity contribution in [3.8, 4) is 5.75 Å². The highest BCUT2D eigenvalue weighted by molar-refractivity contribution is 5.93. The predicted molar refractivity (Wildman–Crippen MR) is 106 cm³/mol. The van der Waals surface area contributed by atoms with E-state index in [1.165, 1.54) is 5.56 Å². The minimum atomic E-state index is -0.592. The van der Waals surface area contributed by atoms with Crippen LogP contribution in [-0.2, 0) is 19.7 Å². The minimum Gasteiger partial charge on any atom is -0.482 e. The Morgan fingerprint density at radius 3 is 2.26 bits per heavy atom. The average molecular weight is 369 g/mol. The van der Waals surface area contributed by atoms with Gasteiger partial charge in [-0.05, 0) is 54.2 Å². The molecule has 0 fully saturated rings. The van der Waals surface area contributed by atoms with Crippen LogP contribution in [0.3, 0.4) is 0 Å². The Bertz CT molecular complexity index is 804. The standard InChI is InChI=1S/C22H27NO4/c1-15-6-7-16(2)19(12-15)23-20(24)13-27-21(25)14-26-18-10-8-17(9-11-18)22(3,4)5/h6-12H,13-14H2,1-5H3,(H,23,24). The number of hydrogen-bond acceptors (Lipinski definition) is 4. The zero-order chi connectivity index (χ0) is 20.0. The summed E-state index contributed by atoms with van der Waals surface area (Å²) in [7, 11) is 0. The maximum absolute atomic E-state index is 12.0. The number of anilines is 1. The van der Waals surface area contributed by atoms with E-state index in [2.05, 4.69) is 26.1 Å². The largest absolute Gasteiger partial charge is 0.482 e. The molecule has 0 heterocycles. The van der Waals surface area contributed by atoms with Crippen LogP contribution >= 0.6 is 0 Å². The summed E-state index contributed by atoms with van der Waals surface area (Å²) in [5.41, 5.74) is 3.94. The number of aryl methyl sites for hydroxylation is 2. The summed E-state index contributed by atoms with van der Waals surface area (Å²) in [5, 5.41) is 2.74. The molecule has 144 valence electrons. The fourth-order valence-corrected chi connectivity index (χ4v) is 2.44. The van der Waals surface area contributed by atoms with Crippen molar-refractivity contribution in [2.24, 2.45) is 0 Å². The molecule has 0 spiro atoms. The molecule has 0 saturated carbocycles. The monoisotopic (exact) mass is 369 g/mol. The summed E-state index contributed by atoms with van der Waals surface area (Å²) in [4.78, 5) is 23.8. The van der Waals surface area contributed by atoms with Crippen LogP contribution in [0.1, 0.15) is 37.5 Å². The number of hydrogen-bond donors (Lipinski definition) is 1. The Balaban J connectivity index is 1.77. The van der Waals surface area contributed by atoms with Crippen LogP contribution in [0, 0.1) is 13.8 Å². The third-order valence-electron chi connectivity index (χ3n) is 4.11. The second-order valence-corrected chi connectivity index (χ2v) is 7.59. The van der Waals surface area contributed by atoms with E-state index in [1.807, 2.05) is 56.3 Å². The van der Waals surface area contributed by atoms with E-state index in [0.717, 1.165) is 11.1 Å². The van der Waals surface area contributed by atoms with Gasteiger partial charge in [0.1, 0.15) is 5.75 Å². The van der Waals surface area contributed by atoms with Crippen molar-refractivity contribution in [1.29, 1.82) is 0 Å². The number of benzene rings is 2. The molecule has 2 aromatic rings. The van der Waals surface area contributed by atoms with Gasteiger partial charge in [0.25, 0.3) is 5.91 Å². The second kappa shape index (κ2) is 8.71. The Hall–Kier alpha value is -2.82. The van der Waals surface area contributed by atoms with E-state index in [1.54, 1.807) is 0 Å². The molecule has 1 amide bonds. The highest BCUT2D eigenvalue weighted by Crippen LogP contribution is 2.24. The zero-order valence-corrected chi connectivity index (χ0v) is 16.6. The number of ether oxygens (including phenoxy) is 2. The van der Waals surface area contributed by atoms with Gasteiger partial charge in [-0.25, -0.2) is 4.79 Å². The summed E-state index contributed by atoms with van der Waals surface area (Å²) in [6.45, 7) is 9.64. The number of esters is 1. The van der Waals surface area contributed by atoms with Gasteiger partial charge >= 0.3 is 5.97 Å². The Morgan fingerprint density at radius 1 is 0.963 bits per heavy atom. The quantitative estimate of drug-likeness (QED) is 0.777. The first-order valence-corrected chi connectivity index (χ1v) is 8.91. The van der Waals surface area contributed by atoms with E-state index in [9.17, 15) is 9.59 Å². The number of carbonyl (C=O) groups excluding carboxylic acids is 2. The summed E-state index contributed by atoms with van der Waals surface area (Å²) in [6.07, 6.45) is 0. The van der Waals surface area contributed by atoms with Gasteiger partial charge < -0.3 is 14.8 Å². The first kappa shape index (κ1) is 20.5. The molecule has 5 heteroatoms. The fraction of sp³-hybridized carbons (Fsp3) is 0.364. The van der Waals surface area contributed by atoms with Crippen LogP contribution in [-0.4, -0.2) is 25.1 Å². The van der Waals surface area contributed by atoms with Gasteiger partial charge in [-0.2, -0.15) is 0 Å². The first-order valence-electron chi connectivity index (χ1n) is 8.91. The molecule has 0 bridgehead atoms. The molecule has 0 aromatic heterocycles. The van der Waals surface area contributed by atoms with Crippen molar-refractivity contribution >= 4 is 17.6 Å². The van der Waals surface area contributed by atoms with Gasteiger partial charge in [0.2, 0.25) is 0 Å². The molecular formula is C22H27NO4. The predicted octanol–water partition coefficient (Wildman–Crippen LogP) is 4.16. The van der Waals surface area contributed by atoms with Gasteiger partial charge in [0, 0.05) is 5.69 Å². The molecule has 2 aromatic carbocycles. The second-order valence-electron chi connectivity index (χ2n) is 7.59. The third kappa shape index (κ3) is 6.44. The summed E-state index contributed by atoms with van der Waals surface area (Å²) < 4.78 is 10.4. The highest BCUT2D eigenvalue weighted by Gasteiger charge is 2.14. The van der Waals surface area contributed by atoms with Crippen LogP contribution in [0.2, 0.25) is 0 Å². The average Bonchev–Trinajstić information content (AvgIpc) is 2.61. The molecule has 5 nitrogen and oxygen atoms in total. The molecule has 0 aliphatic rings. The highest BCUT2D eigenvalue weighted by atomic mass is 16.6. The van der Waals surface area contributed by atoms with E-state index >= 15 is 0 Å². The van der Waals surface area contributed by atoms with Crippen LogP contribution in [0.4, 0.5) is 5.69 Å². The maximum Gasteiger partial charge on any atom is 0.344 e. The van der Waals surface area contributed by atoms with Crippen LogP contribution in [0.15, 0.2) is 42.5 Å². The van der Waals surface area contributed by atoms with Gasteiger partial charge in [-0.15, -0.1) is 0 Å². The van der Waals surface area contributed by atoms with E-state index in [0.29, 0.717) is 11.4 Å². The first-order chi connectivity index (χ1) is 12.6. The zero-order valence-electron chi connectivity index (χ0n) is 16.6. The topological polar surface area (TPSA) is 64.6 Å². The third-order valence-corrected chi connectivity index (χ3v) is 4.11. The Labute approximate surface area is 160 Å². The van der Waals surface area contributed by atoms with Crippen LogP contribution in [0.5, 0.6) is 5.75 Å². The smallest absolute Gasteiger partial charge is 0.344 e. The number of nitrogens with one attached hydrogen (secondary N) is 1. The van der Waals surface area contributed by atoms with Crippen molar-refractivity contribution in [2.75, 3.05) is 18.5 Å². The lowest BCUT2D eigenvalue weighted by atomic mass is 9.87. The van der Waals surface area contributed by atoms with Gasteiger partial charge in [0.05, 0.1) is 0 Å². The number of carbonyl (C=O) groups is 2. The van der Waals surface area contributed by atoms with E-state index < -0.39 is 5.97 Å². The van der Waals surface area contributed by atoms with Crippen molar-refractivity contribution in [3.63, 3.8) is 0 Å². The lowest BCUT2D eigenvalue weighted by Gasteiger charge is -2.19. The van der Waals surface area contributed by atoms with Crippen molar-refractivity contribution in [2.45, 2.75) is 40.0 Å². The Kier molecular flexibility index (Phi) is 6.61. The van der Waals surface area contributed by atoms with E-state index in [-0.39, 0.29) is 24.5 Å². The number of amides is 1. The summed E-state index contributed by atoms with van der Waals surface area (Å²) in [6, 6.07) is 13.4. The molecule has 27 heavy (non-hydrogen) atoms. The summed E-state index contributed by atoms with van der Waals surface area (Å²) >= 11 is 0. The minimum absolute atomic E-state index is 0.0560. The normalized spacial score (nSPS) is 11.0. The molecule has 0 unspecified atom stereocenters. The molecular weight excluding hydrogens is 342 g/mol. The molecule has 0 atom stereocenters. The van der Waals surface area contributed by atoms with Gasteiger partial charge in [0.15, 0.2) is 13.2 Å². The molecule has 0 aliphatic carbocycles. The molecule has 1 N–H and O–H groups in total. The maximum atomic E-state index is 12.0. The number of rotatable bonds is 6. The van der Waals surface area contributed by atoms with Crippen LogP contribution in [0.25, 0.3) is 0 Å². The van der Waals surface area contributed by atoms with Gasteiger partial charge in [-0.3, -0.25) is 4.79 Å². The van der Waals surface area contributed by atoms with Crippen molar-refractivity contribution in [3.05, 3.63) is 59.2 Å². The van der Waals surface area contributed by atoms with Crippen molar-refractivity contribution in [1.82, 2.24) is 0 Å². The molecule has 2 rings (SSSR count). The SMILES string of the molecule is Cc1ccc(C)c(NC(=O)COC(=O)COc2ccc(C(C)(C)C)cc2)c1. The molecule has 0 aliphatic heterocycles. The van der Waals surface area contributed by atoms with Crippen molar-refractivity contribution < 1.29 is 19.1 Å². The van der Waals surface area contributed by atoms with Crippen LogP contribution < -0.4 is 10.1 Å². The van der Waals surface area contributed by atoms with Gasteiger partial charge in [-0.1, -0.05) is 45.0 Å². The molecule has 0 saturated heterocycles. The molecule has 0 radical (unpaired) electrons. The lowest BCUT2D eigenvalue weighted by molar-refractivity contribution is -0.149.